The quantitative estimate of drug-likeness (QED) is 0.299. The summed E-state index contributed by atoms with van der Waals surface area (Å²) < 4.78 is 5.43. The van der Waals surface area contributed by atoms with Gasteiger partial charge in [0.05, 0.1) is 7.11 Å². The number of azide groups is 1. The Morgan fingerprint density at radius 3 is 2.63 bits per heavy atom. The van der Waals surface area contributed by atoms with E-state index in [-0.39, 0.29) is 11.9 Å². The molecule has 0 spiro atoms. The second-order valence-electron chi connectivity index (χ2n) is 7.55. The Kier molecular flexibility index (Phi) is 6.82. The number of benzene rings is 2. The first-order valence-corrected chi connectivity index (χ1v) is 9.96. The molecule has 1 amide bonds. The summed E-state index contributed by atoms with van der Waals surface area (Å²) in [4.78, 5) is 19.2. The van der Waals surface area contributed by atoms with Crippen molar-refractivity contribution >= 4 is 11.6 Å². The zero-order chi connectivity index (χ0) is 21.7. The minimum atomic E-state index is -0.0604. The first-order chi connectivity index (χ1) is 14.4. The van der Waals surface area contributed by atoms with Crippen molar-refractivity contribution in [1.29, 1.82) is 0 Å². The van der Waals surface area contributed by atoms with Crippen LogP contribution in [0.15, 0.2) is 29.5 Å². The second kappa shape index (κ2) is 9.52. The van der Waals surface area contributed by atoms with Crippen molar-refractivity contribution in [2.45, 2.75) is 46.1 Å². The Bertz CT molecular complexity index is 976. The number of hydrogen-bond acceptors (Lipinski definition) is 5. The van der Waals surface area contributed by atoms with Gasteiger partial charge >= 0.3 is 0 Å². The molecular weight excluding hydrogens is 382 g/mol. The molecule has 3 rings (SSSR count). The summed E-state index contributed by atoms with van der Waals surface area (Å²) in [7, 11) is 1.57. The molecule has 0 bridgehead atoms. The Labute approximate surface area is 176 Å². The highest BCUT2D eigenvalue weighted by molar-refractivity contribution is 5.90. The molecule has 158 valence electrons. The van der Waals surface area contributed by atoms with Crippen LogP contribution in [0.4, 0.5) is 5.69 Å². The summed E-state index contributed by atoms with van der Waals surface area (Å²) >= 11 is 0. The lowest BCUT2D eigenvalue weighted by Gasteiger charge is -2.28. The minimum Gasteiger partial charge on any atom is -0.493 e. The summed E-state index contributed by atoms with van der Waals surface area (Å²) in [6.07, 6.45) is 2.69. The molecule has 1 aliphatic rings. The van der Waals surface area contributed by atoms with E-state index in [2.05, 4.69) is 33.0 Å². The predicted molar refractivity (Wildman–Crippen MR) is 116 cm³/mol. The van der Waals surface area contributed by atoms with Gasteiger partial charge in [0.15, 0.2) is 11.5 Å². The number of ether oxygens (including phenoxy) is 1. The minimum absolute atomic E-state index is 0.0604. The number of methoxy groups -OCH3 is 1. The first kappa shape index (κ1) is 21.5. The molecular formula is C22H27N5O3. The Morgan fingerprint density at radius 1 is 1.27 bits per heavy atom. The van der Waals surface area contributed by atoms with Crippen molar-refractivity contribution in [3.05, 3.63) is 62.5 Å². The molecule has 2 aromatic carbocycles. The number of fused-ring (bicyclic) bond motifs is 1. The standard InChI is InChI=1S/C22H27N5O3/c1-13-9-16(10-14(2)22(13)25-15(3)28)5-6-19-18-12-20(29-4)21(30-27-26-23)11-17(18)7-8-24-19/h9-12,19,24H,5-8H2,1-4H3,(H,25,28). The highest BCUT2D eigenvalue weighted by atomic mass is 16.7. The third-order valence-electron chi connectivity index (χ3n) is 5.38. The lowest BCUT2D eigenvalue weighted by atomic mass is 9.89. The lowest BCUT2D eigenvalue weighted by molar-refractivity contribution is -0.114. The van der Waals surface area contributed by atoms with Crippen LogP contribution < -0.4 is 20.2 Å². The normalized spacial score (nSPS) is 15.0. The topological polar surface area (TPSA) is 108 Å². The molecule has 1 unspecified atom stereocenters. The van der Waals surface area contributed by atoms with Crippen molar-refractivity contribution < 1.29 is 14.4 Å². The average molecular weight is 409 g/mol. The van der Waals surface area contributed by atoms with Gasteiger partial charge < -0.3 is 20.2 Å². The second-order valence-corrected chi connectivity index (χ2v) is 7.55. The summed E-state index contributed by atoms with van der Waals surface area (Å²) in [6.45, 7) is 6.43. The highest BCUT2D eigenvalue weighted by Gasteiger charge is 2.23. The van der Waals surface area contributed by atoms with Gasteiger partial charge in [-0.3, -0.25) is 4.79 Å². The molecule has 0 aliphatic carbocycles. The number of carbonyl (C=O) groups excluding carboxylic acids is 1. The van der Waals surface area contributed by atoms with E-state index in [4.69, 9.17) is 15.1 Å². The molecule has 1 aliphatic heterocycles. The van der Waals surface area contributed by atoms with Crippen LogP contribution in [0.1, 0.15) is 47.2 Å². The van der Waals surface area contributed by atoms with E-state index >= 15 is 0 Å². The van der Waals surface area contributed by atoms with Crippen LogP contribution in [0.5, 0.6) is 11.5 Å². The van der Waals surface area contributed by atoms with Crippen LogP contribution in [0, 0.1) is 13.8 Å². The maximum absolute atomic E-state index is 11.4. The third-order valence-corrected chi connectivity index (χ3v) is 5.38. The van der Waals surface area contributed by atoms with Gasteiger partial charge in [0.2, 0.25) is 5.91 Å². The molecule has 0 saturated carbocycles. The molecule has 0 fully saturated rings. The van der Waals surface area contributed by atoms with Crippen molar-refractivity contribution in [1.82, 2.24) is 5.32 Å². The average Bonchev–Trinajstić information content (AvgIpc) is 2.72. The maximum atomic E-state index is 11.4. The van der Waals surface area contributed by atoms with Gasteiger partial charge in [-0.1, -0.05) is 12.1 Å². The van der Waals surface area contributed by atoms with E-state index in [0.29, 0.717) is 11.5 Å². The number of anilines is 1. The van der Waals surface area contributed by atoms with Crippen LogP contribution in [-0.4, -0.2) is 19.6 Å². The van der Waals surface area contributed by atoms with Gasteiger partial charge in [0.25, 0.3) is 0 Å². The molecule has 0 saturated heterocycles. The summed E-state index contributed by atoms with van der Waals surface area (Å²) in [5, 5.41) is 9.70. The Hall–Kier alpha value is -3.22. The van der Waals surface area contributed by atoms with E-state index in [9.17, 15) is 4.79 Å². The van der Waals surface area contributed by atoms with Gasteiger partial charge in [-0.15, -0.1) is 0 Å². The number of amides is 1. The molecule has 0 aromatic heterocycles. The summed E-state index contributed by atoms with van der Waals surface area (Å²) in [5.41, 5.74) is 15.1. The number of nitrogens with one attached hydrogen (secondary N) is 2. The maximum Gasteiger partial charge on any atom is 0.221 e. The first-order valence-electron chi connectivity index (χ1n) is 9.96. The number of aryl methyl sites for hydroxylation is 3. The fourth-order valence-electron chi connectivity index (χ4n) is 4.08. The van der Waals surface area contributed by atoms with Crippen LogP contribution in [0.3, 0.4) is 0 Å². The molecule has 2 aromatic rings. The zero-order valence-electron chi connectivity index (χ0n) is 17.8. The fraction of sp³-hybridized carbons (Fsp3) is 0.409. The molecule has 1 heterocycles. The SMILES string of the molecule is COc1cc2c(cc1ON=[N+]=[N-])CCNC2CCc1cc(C)c(NC(C)=O)c(C)c1. The van der Waals surface area contributed by atoms with E-state index in [1.54, 1.807) is 7.11 Å². The van der Waals surface area contributed by atoms with E-state index in [0.717, 1.165) is 48.2 Å². The van der Waals surface area contributed by atoms with Crippen LogP contribution >= 0.6 is 0 Å². The van der Waals surface area contributed by atoms with Gasteiger partial charge in [-0.05, 0) is 85.1 Å². The van der Waals surface area contributed by atoms with Gasteiger partial charge in [-0.2, -0.15) is 0 Å². The van der Waals surface area contributed by atoms with Crippen LogP contribution in [0.25, 0.3) is 10.4 Å². The zero-order valence-corrected chi connectivity index (χ0v) is 17.8. The van der Waals surface area contributed by atoms with Gasteiger partial charge in [0, 0.05) is 23.6 Å². The van der Waals surface area contributed by atoms with Gasteiger partial charge in [0.1, 0.15) is 5.28 Å². The van der Waals surface area contributed by atoms with Gasteiger partial charge in [-0.25, -0.2) is 0 Å². The lowest BCUT2D eigenvalue weighted by Crippen LogP contribution is -2.30. The van der Waals surface area contributed by atoms with Crippen molar-refractivity contribution in [2.24, 2.45) is 5.28 Å². The van der Waals surface area contributed by atoms with Crippen molar-refractivity contribution in [2.75, 3.05) is 19.0 Å². The Morgan fingerprint density at radius 2 is 2.00 bits per heavy atom. The number of carbonyl (C=O) groups is 1. The molecule has 2 N–H and O–H groups in total. The number of rotatable bonds is 7. The van der Waals surface area contributed by atoms with Crippen molar-refractivity contribution in [3.63, 3.8) is 0 Å². The molecule has 0 radical (unpaired) electrons. The van der Waals surface area contributed by atoms with Crippen molar-refractivity contribution in [3.8, 4) is 11.5 Å². The van der Waals surface area contributed by atoms with E-state index in [1.165, 1.54) is 18.1 Å². The predicted octanol–water partition coefficient (Wildman–Crippen LogP) is 4.69. The molecule has 8 heteroatoms. The molecule has 8 nitrogen and oxygen atoms in total. The largest absolute Gasteiger partial charge is 0.493 e. The number of hydrogen-bond donors (Lipinski definition) is 2. The fourth-order valence-corrected chi connectivity index (χ4v) is 4.08. The molecule has 1 atom stereocenters. The highest BCUT2D eigenvalue weighted by Crippen LogP contribution is 2.37. The number of nitrogens with zero attached hydrogens (tertiary/aromatic N) is 3. The summed E-state index contributed by atoms with van der Waals surface area (Å²) in [6, 6.07) is 8.32. The molecule has 30 heavy (non-hydrogen) atoms. The van der Waals surface area contributed by atoms with Crippen LogP contribution in [0.2, 0.25) is 0 Å². The van der Waals surface area contributed by atoms with E-state index in [1.807, 2.05) is 26.0 Å². The third kappa shape index (κ3) is 4.84. The smallest absolute Gasteiger partial charge is 0.221 e. The summed E-state index contributed by atoms with van der Waals surface area (Å²) in [5.74, 6) is 0.908. The Balaban J connectivity index is 1.79. The van der Waals surface area contributed by atoms with Crippen LogP contribution in [-0.2, 0) is 17.6 Å². The van der Waals surface area contributed by atoms with E-state index < -0.39 is 0 Å². The monoisotopic (exact) mass is 409 g/mol.